The predicted molar refractivity (Wildman–Crippen MR) is 58.0 cm³/mol. The molecule has 3 unspecified atom stereocenters. The first-order chi connectivity index (χ1) is 9.45. The van der Waals surface area contributed by atoms with E-state index in [0.29, 0.717) is 0 Å². The molecule has 22 heavy (non-hydrogen) atoms. The topological polar surface area (TPSA) is 20.2 Å². The Kier molecular flexibility index (Phi) is 4.55. The molecule has 0 radical (unpaired) electrons. The maximum absolute atomic E-state index is 14.1. The molecule has 1 saturated carbocycles. The summed E-state index contributed by atoms with van der Waals surface area (Å²) in [6, 6.07) is 0. The van der Waals surface area contributed by atoms with Gasteiger partial charge in [0.05, 0.1) is 0 Å². The summed E-state index contributed by atoms with van der Waals surface area (Å²) < 4.78 is 116. The summed E-state index contributed by atoms with van der Waals surface area (Å²) in [6.07, 6.45) is -16.0. The van der Waals surface area contributed by atoms with Crippen molar-refractivity contribution >= 4 is 0 Å². The van der Waals surface area contributed by atoms with Gasteiger partial charge in [0.25, 0.3) is 11.5 Å². The summed E-state index contributed by atoms with van der Waals surface area (Å²) in [4.78, 5) is 0. The highest BCUT2D eigenvalue weighted by Crippen LogP contribution is 2.55. The lowest BCUT2D eigenvalue weighted by atomic mass is 9.83. The van der Waals surface area contributed by atoms with Crippen LogP contribution in [0.15, 0.2) is 0 Å². The van der Waals surface area contributed by atoms with Crippen LogP contribution in [0.25, 0.3) is 0 Å². The monoisotopic (exact) mass is 346 g/mol. The van der Waals surface area contributed by atoms with Gasteiger partial charge in [-0.3, -0.25) is 0 Å². The van der Waals surface area contributed by atoms with Gasteiger partial charge < -0.3 is 5.11 Å². The summed E-state index contributed by atoms with van der Waals surface area (Å²) in [5.74, 6) is -6.74. The highest BCUT2D eigenvalue weighted by molar-refractivity contribution is 5.04. The largest absolute Gasteiger partial charge is 0.426 e. The van der Waals surface area contributed by atoms with Gasteiger partial charge in [0, 0.05) is 6.92 Å². The van der Waals surface area contributed by atoms with E-state index in [4.69, 9.17) is 5.11 Å². The number of aliphatic hydroxyl groups is 1. The smallest absolute Gasteiger partial charge is 0.374 e. The maximum atomic E-state index is 14.1. The van der Waals surface area contributed by atoms with Crippen molar-refractivity contribution < 1.29 is 44.6 Å². The Hall–Kier alpha value is -0.670. The second-order valence-electron chi connectivity index (χ2n) is 6.06. The van der Waals surface area contributed by atoms with Crippen molar-refractivity contribution in [2.45, 2.75) is 62.7 Å². The molecule has 0 bridgehead atoms. The summed E-state index contributed by atoms with van der Waals surface area (Å²) >= 11 is 0. The molecule has 1 N–H and O–H groups in total. The molecule has 132 valence electrons. The van der Waals surface area contributed by atoms with Crippen LogP contribution in [-0.2, 0) is 0 Å². The lowest BCUT2D eigenvalue weighted by Crippen LogP contribution is -2.58. The van der Waals surface area contributed by atoms with E-state index in [1.165, 1.54) is 0 Å². The number of rotatable bonds is 3. The summed E-state index contributed by atoms with van der Waals surface area (Å²) in [6.45, 7) is 1.31. The van der Waals surface area contributed by atoms with E-state index in [1.54, 1.807) is 0 Å². The SMILES string of the molecule is CC1CC(F)(C(C)(F)F)CC1CC(O)(C(F)(F)F)C(F)(F)F. The number of halogens is 9. The van der Waals surface area contributed by atoms with E-state index in [0.717, 1.165) is 6.92 Å². The lowest BCUT2D eigenvalue weighted by Gasteiger charge is -2.35. The van der Waals surface area contributed by atoms with Crippen LogP contribution < -0.4 is 0 Å². The molecule has 3 atom stereocenters. The summed E-state index contributed by atoms with van der Waals surface area (Å²) in [5.41, 5.74) is -8.23. The van der Waals surface area contributed by atoms with E-state index >= 15 is 0 Å². The number of hydrogen-bond acceptors (Lipinski definition) is 1. The van der Waals surface area contributed by atoms with E-state index in [9.17, 15) is 39.5 Å². The zero-order valence-corrected chi connectivity index (χ0v) is 11.6. The summed E-state index contributed by atoms with van der Waals surface area (Å²) in [7, 11) is 0. The molecule has 0 aromatic rings. The zero-order chi connectivity index (χ0) is 17.8. The lowest BCUT2D eigenvalue weighted by molar-refractivity contribution is -0.373. The minimum absolute atomic E-state index is 0.224. The molecular formula is C12H15F9O. The highest BCUT2D eigenvalue weighted by atomic mass is 19.4. The molecule has 0 aromatic carbocycles. The molecule has 1 aliphatic rings. The second kappa shape index (κ2) is 5.17. The van der Waals surface area contributed by atoms with Crippen LogP contribution in [0.4, 0.5) is 39.5 Å². The van der Waals surface area contributed by atoms with Gasteiger partial charge in [0.15, 0.2) is 5.67 Å². The first kappa shape index (κ1) is 19.4. The number of alkyl halides is 9. The first-order valence-corrected chi connectivity index (χ1v) is 6.37. The molecular weight excluding hydrogens is 331 g/mol. The van der Waals surface area contributed by atoms with Gasteiger partial charge in [0.1, 0.15) is 0 Å². The molecule has 1 fully saturated rings. The van der Waals surface area contributed by atoms with Gasteiger partial charge in [0.2, 0.25) is 0 Å². The highest BCUT2D eigenvalue weighted by Gasteiger charge is 2.71. The Morgan fingerprint density at radius 2 is 1.36 bits per heavy atom. The van der Waals surface area contributed by atoms with E-state index < -0.39 is 60.6 Å². The maximum Gasteiger partial charge on any atom is 0.426 e. The Morgan fingerprint density at radius 3 is 1.64 bits per heavy atom. The second-order valence-corrected chi connectivity index (χ2v) is 6.06. The molecule has 0 aromatic heterocycles. The van der Waals surface area contributed by atoms with Crippen LogP contribution in [0.5, 0.6) is 0 Å². The third-order valence-electron chi connectivity index (χ3n) is 4.32. The van der Waals surface area contributed by atoms with Crippen molar-refractivity contribution in [3.63, 3.8) is 0 Å². The van der Waals surface area contributed by atoms with Crippen LogP contribution in [0, 0.1) is 11.8 Å². The van der Waals surface area contributed by atoms with Gasteiger partial charge in [-0.15, -0.1) is 0 Å². The molecule has 10 heteroatoms. The van der Waals surface area contributed by atoms with E-state index in [-0.39, 0.29) is 6.92 Å². The van der Waals surface area contributed by atoms with Crippen LogP contribution in [0.1, 0.15) is 33.1 Å². The minimum atomic E-state index is -6.04. The standard InChI is InChI=1S/C12H15F9O/c1-6-3-9(15,8(2,13)14)4-7(6)5-10(22,11(16,17)18)12(19,20)21/h6-7,22H,3-5H2,1-2H3. The van der Waals surface area contributed by atoms with Gasteiger partial charge in [-0.2, -0.15) is 26.3 Å². The van der Waals surface area contributed by atoms with Gasteiger partial charge in [-0.05, 0) is 31.1 Å². The average Bonchev–Trinajstić information content (AvgIpc) is 2.50. The summed E-state index contributed by atoms with van der Waals surface area (Å²) in [5, 5.41) is 9.08. The van der Waals surface area contributed by atoms with E-state index in [1.807, 2.05) is 0 Å². The zero-order valence-electron chi connectivity index (χ0n) is 11.6. The van der Waals surface area contributed by atoms with Crippen molar-refractivity contribution in [2.24, 2.45) is 11.8 Å². The molecule has 1 aliphatic carbocycles. The third kappa shape index (κ3) is 3.16. The molecule has 0 saturated heterocycles. The fourth-order valence-corrected chi connectivity index (χ4v) is 2.78. The Labute approximate surface area is 120 Å². The van der Waals surface area contributed by atoms with Crippen LogP contribution in [-0.4, -0.2) is 34.7 Å². The fourth-order valence-electron chi connectivity index (χ4n) is 2.78. The first-order valence-electron chi connectivity index (χ1n) is 6.37. The van der Waals surface area contributed by atoms with Crippen molar-refractivity contribution in [1.82, 2.24) is 0 Å². The van der Waals surface area contributed by atoms with Crippen molar-refractivity contribution in [1.29, 1.82) is 0 Å². The third-order valence-corrected chi connectivity index (χ3v) is 4.32. The van der Waals surface area contributed by atoms with Crippen LogP contribution >= 0.6 is 0 Å². The number of hydrogen-bond donors (Lipinski definition) is 1. The minimum Gasteiger partial charge on any atom is -0.374 e. The fraction of sp³-hybridized carbons (Fsp3) is 1.00. The van der Waals surface area contributed by atoms with Gasteiger partial charge in [-0.25, -0.2) is 13.2 Å². The van der Waals surface area contributed by atoms with Crippen LogP contribution in [0.3, 0.4) is 0 Å². The quantitative estimate of drug-likeness (QED) is 0.738. The Bertz CT molecular complexity index is 394. The average molecular weight is 346 g/mol. The van der Waals surface area contributed by atoms with Crippen LogP contribution in [0.2, 0.25) is 0 Å². The van der Waals surface area contributed by atoms with Gasteiger partial charge in [-0.1, -0.05) is 6.92 Å². The molecule has 0 spiro atoms. The normalized spacial score (nSPS) is 31.6. The Balaban J connectivity index is 3.08. The van der Waals surface area contributed by atoms with E-state index in [2.05, 4.69) is 0 Å². The predicted octanol–water partition coefficient (Wildman–Crippen LogP) is 4.64. The molecule has 0 amide bonds. The molecule has 1 rings (SSSR count). The Morgan fingerprint density at radius 1 is 0.955 bits per heavy atom. The van der Waals surface area contributed by atoms with Crippen molar-refractivity contribution in [2.75, 3.05) is 0 Å². The molecule has 0 aliphatic heterocycles. The van der Waals surface area contributed by atoms with Gasteiger partial charge >= 0.3 is 12.4 Å². The van der Waals surface area contributed by atoms with Crippen molar-refractivity contribution in [3.05, 3.63) is 0 Å². The van der Waals surface area contributed by atoms with Crippen molar-refractivity contribution in [3.8, 4) is 0 Å². The molecule has 0 heterocycles. The molecule has 1 nitrogen and oxygen atoms in total.